The number of hydrogen-bond acceptors (Lipinski definition) is 4. The van der Waals surface area contributed by atoms with Gasteiger partial charge >= 0.3 is 5.97 Å². The van der Waals surface area contributed by atoms with Gasteiger partial charge in [-0.25, -0.2) is 4.79 Å². The number of pyridine rings is 1. The van der Waals surface area contributed by atoms with Gasteiger partial charge in [-0.2, -0.15) is 0 Å². The Hall–Kier alpha value is -1.42. The van der Waals surface area contributed by atoms with Crippen molar-refractivity contribution in [2.75, 3.05) is 6.61 Å². The highest BCUT2D eigenvalue weighted by Gasteiger charge is 2.22. The van der Waals surface area contributed by atoms with E-state index in [0.29, 0.717) is 12.5 Å². The molecule has 2 aromatic heterocycles. The van der Waals surface area contributed by atoms with E-state index < -0.39 is 0 Å². The lowest BCUT2D eigenvalue weighted by Crippen LogP contribution is -2.05. The Morgan fingerprint density at radius 3 is 2.83 bits per heavy atom. The number of aromatic nitrogens is 1. The van der Waals surface area contributed by atoms with Gasteiger partial charge in [-0.3, -0.25) is 4.98 Å². The van der Waals surface area contributed by atoms with Gasteiger partial charge in [-0.15, -0.1) is 11.3 Å². The average Bonchev–Trinajstić information content (AvgIpc) is 2.70. The molecule has 96 valence electrons. The quantitative estimate of drug-likeness (QED) is 0.788. The molecule has 0 spiro atoms. The maximum atomic E-state index is 12.0. The highest BCUT2D eigenvalue weighted by atomic mass is 32.1. The predicted molar refractivity (Wildman–Crippen MR) is 74.4 cm³/mol. The molecule has 0 aliphatic heterocycles. The zero-order valence-electron chi connectivity index (χ0n) is 11.1. The number of carbonyl (C=O) groups excluding carboxylic acids is 1. The molecule has 0 aliphatic carbocycles. The molecule has 0 aliphatic rings. The van der Waals surface area contributed by atoms with Crippen LogP contribution in [0.25, 0.3) is 10.1 Å². The molecule has 0 aromatic carbocycles. The molecule has 0 amide bonds. The molecule has 0 atom stereocenters. The van der Waals surface area contributed by atoms with Crippen molar-refractivity contribution < 1.29 is 9.53 Å². The summed E-state index contributed by atoms with van der Waals surface area (Å²) in [7, 11) is 0. The number of nitrogens with zero attached hydrogens (tertiary/aromatic N) is 1. The number of rotatable bonds is 3. The van der Waals surface area contributed by atoms with Gasteiger partial charge in [-0.05, 0) is 31.4 Å². The summed E-state index contributed by atoms with van der Waals surface area (Å²) in [5, 5.41) is 1.13. The first-order valence-electron chi connectivity index (χ1n) is 6.11. The zero-order chi connectivity index (χ0) is 13.3. The van der Waals surface area contributed by atoms with Crippen LogP contribution in [0.5, 0.6) is 0 Å². The Kier molecular flexibility index (Phi) is 3.66. The van der Waals surface area contributed by atoms with Gasteiger partial charge in [0.15, 0.2) is 0 Å². The standard InChI is InChI=1S/C14H17NO2S/c1-5-17-14(16)13-11(8(2)3)10-6-7-15-9(4)12(10)18-13/h6-8H,5H2,1-4H3. The van der Waals surface area contributed by atoms with Crippen molar-refractivity contribution in [2.24, 2.45) is 0 Å². The predicted octanol–water partition coefficient (Wildman–Crippen LogP) is 3.90. The molecule has 0 bridgehead atoms. The largest absolute Gasteiger partial charge is 0.462 e. The highest BCUT2D eigenvalue weighted by Crippen LogP contribution is 2.37. The van der Waals surface area contributed by atoms with Crippen LogP contribution < -0.4 is 0 Å². The van der Waals surface area contributed by atoms with E-state index in [9.17, 15) is 4.79 Å². The van der Waals surface area contributed by atoms with E-state index in [4.69, 9.17) is 4.74 Å². The number of hydrogen-bond donors (Lipinski definition) is 0. The lowest BCUT2D eigenvalue weighted by Gasteiger charge is -2.07. The van der Waals surface area contributed by atoms with Crippen molar-refractivity contribution in [3.8, 4) is 0 Å². The third-order valence-corrected chi connectivity index (χ3v) is 4.17. The molecular formula is C14H17NO2S. The first-order chi connectivity index (χ1) is 8.56. The number of ether oxygens (including phenoxy) is 1. The van der Waals surface area contributed by atoms with Gasteiger partial charge in [0.05, 0.1) is 17.0 Å². The molecule has 0 unspecified atom stereocenters. The van der Waals surface area contributed by atoms with Crippen LogP contribution in [-0.2, 0) is 4.74 Å². The fourth-order valence-corrected chi connectivity index (χ4v) is 3.38. The number of esters is 1. The highest BCUT2D eigenvalue weighted by molar-refractivity contribution is 7.21. The molecule has 2 aromatic rings. The van der Waals surface area contributed by atoms with Crippen molar-refractivity contribution >= 4 is 27.4 Å². The maximum Gasteiger partial charge on any atom is 0.348 e. The van der Waals surface area contributed by atoms with E-state index in [2.05, 4.69) is 18.8 Å². The van der Waals surface area contributed by atoms with Crippen molar-refractivity contribution in [3.05, 3.63) is 28.4 Å². The van der Waals surface area contributed by atoms with Gasteiger partial charge in [-0.1, -0.05) is 13.8 Å². The summed E-state index contributed by atoms with van der Waals surface area (Å²) in [6.45, 7) is 8.40. The van der Waals surface area contributed by atoms with E-state index in [1.54, 1.807) is 6.20 Å². The van der Waals surface area contributed by atoms with Gasteiger partial charge in [0.25, 0.3) is 0 Å². The van der Waals surface area contributed by atoms with E-state index in [1.165, 1.54) is 11.3 Å². The van der Waals surface area contributed by atoms with Gasteiger partial charge in [0.1, 0.15) is 4.88 Å². The smallest absolute Gasteiger partial charge is 0.348 e. The molecule has 0 saturated carbocycles. The van der Waals surface area contributed by atoms with E-state index >= 15 is 0 Å². The van der Waals surface area contributed by atoms with Crippen LogP contribution in [0.2, 0.25) is 0 Å². The Morgan fingerprint density at radius 2 is 2.22 bits per heavy atom. The summed E-state index contributed by atoms with van der Waals surface area (Å²) in [5.74, 6) is 0.0711. The third kappa shape index (κ3) is 2.12. The molecule has 0 N–H and O–H groups in total. The monoisotopic (exact) mass is 263 g/mol. The minimum Gasteiger partial charge on any atom is -0.462 e. The molecule has 0 fully saturated rings. The van der Waals surface area contributed by atoms with Crippen LogP contribution >= 0.6 is 11.3 Å². The molecule has 18 heavy (non-hydrogen) atoms. The Balaban J connectivity index is 2.69. The van der Waals surface area contributed by atoms with Crippen LogP contribution in [0.1, 0.15) is 47.6 Å². The van der Waals surface area contributed by atoms with E-state index in [0.717, 1.165) is 26.2 Å². The van der Waals surface area contributed by atoms with Crippen LogP contribution in [0.4, 0.5) is 0 Å². The minimum atomic E-state index is -0.221. The molecule has 0 saturated heterocycles. The van der Waals surface area contributed by atoms with E-state index in [-0.39, 0.29) is 5.97 Å². The summed E-state index contributed by atoms with van der Waals surface area (Å²) in [5.41, 5.74) is 2.05. The Labute approximate surface area is 111 Å². The van der Waals surface area contributed by atoms with E-state index in [1.807, 2.05) is 19.9 Å². The van der Waals surface area contributed by atoms with Crippen LogP contribution in [0, 0.1) is 6.92 Å². The zero-order valence-corrected chi connectivity index (χ0v) is 11.9. The fourth-order valence-electron chi connectivity index (χ4n) is 2.09. The summed E-state index contributed by atoms with van der Waals surface area (Å²) < 4.78 is 6.23. The lowest BCUT2D eigenvalue weighted by atomic mass is 10.00. The SMILES string of the molecule is CCOC(=O)c1sc2c(C)nccc2c1C(C)C. The Bertz CT molecular complexity index is 587. The van der Waals surface area contributed by atoms with Gasteiger partial charge in [0.2, 0.25) is 0 Å². The summed E-state index contributed by atoms with van der Waals surface area (Å²) in [6, 6.07) is 1.98. The maximum absolute atomic E-state index is 12.0. The third-order valence-electron chi connectivity index (χ3n) is 2.86. The average molecular weight is 263 g/mol. The first-order valence-corrected chi connectivity index (χ1v) is 6.93. The number of thiophene rings is 1. The normalized spacial score (nSPS) is 11.2. The topological polar surface area (TPSA) is 39.2 Å². The van der Waals surface area contributed by atoms with Crippen LogP contribution in [-0.4, -0.2) is 17.6 Å². The second-order valence-electron chi connectivity index (χ2n) is 4.49. The second kappa shape index (κ2) is 5.06. The second-order valence-corrected chi connectivity index (χ2v) is 5.51. The molecule has 0 radical (unpaired) electrons. The summed E-state index contributed by atoms with van der Waals surface area (Å²) in [6.07, 6.45) is 1.80. The molecular weight excluding hydrogens is 246 g/mol. The molecule has 4 heteroatoms. The Morgan fingerprint density at radius 1 is 1.50 bits per heavy atom. The van der Waals surface area contributed by atoms with Gasteiger partial charge in [0, 0.05) is 11.6 Å². The molecule has 2 heterocycles. The van der Waals surface area contributed by atoms with Crippen molar-refractivity contribution in [3.63, 3.8) is 0 Å². The first kappa shape index (κ1) is 13.0. The molecule has 3 nitrogen and oxygen atoms in total. The number of carbonyl (C=O) groups is 1. The summed E-state index contributed by atoms with van der Waals surface area (Å²) >= 11 is 1.49. The van der Waals surface area contributed by atoms with Crippen molar-refractivity contribution in [1.29, 1.82) is 0 Å². The van der Waals surface area contributed by atoms with Crippen LogP contribution in [0.3, 0.4) is 0 Å². The van der Waals surface area contributed by atoms with Crippen molar-refractivity contribution in [2.45, 2.75) is 33.6 Å². The lowest BCUT2D eigenvalue weighted by molar-refractivity contribution is 0.0530. The minimum absolute atomic E-state index is 0.221. The van der Waals surface area contributed by atoms with Crippen LogP contribution in [0.15, 0.2) is 12.3 Å². The number of fused-ring (bicyclic) bond motifs is 1. The summed E-state index contributed by atoms with van der Waals surface area (Å²) in [4.78, 5) is 17.0. The number of aryl methyl sites for hydroxylation is 1. The van der Waals surface area contributed by atoms with Gasteiger partial charge < -0.3 is 4.74 Å². The van der Waals surface area contributed by atoms with Crippen molar-refractivity contribution in [1.82, 2.24) is 4.98 Å². The molecule has 2 rings (SSSR count). The fraction of sp³-hybridized carbons (Fsp3) is 0.429.